The molecule has 0 amide bonds. The highest BCUT2D eigenvalue weighted by Crippen LogP contribution is 2.49. The van der Waals surface area contributed by atoms with Gasteiger partial charge in [-0.3, -0.25) is 0 Å². The van der Waals surface area contributed by atoms with Gasteiger partial charge in [-0.25, -0.2) is 9.59 Å². The first-order valence-corrected chi connectivity index (χ1v) is 6.88. The molecule has 0 unspecified atom stereocenters. The van der Waals surface area contributed by atoms with Crippen LogP contribution < -0.4 is 0 Å². The average Bonchev–Trinajstić information content (AvgIpc) is 2.62. The molecule has 0 radical (unpaired) electrons. The maximum Gasteiger partial charge on any atom is 0.342 e. The molecular formula is C16H14O10. The molecule has 0 aliphatic heterocycles. The number of phenolic OH excluding ortho intramolecular Hbond substituents is 6. The molecule has 0 atom stereocenters. The van der Waals surface area contributed by atoms with E-state index in [0.29, 0.717) is 0 Å². The van der Waals surface area contributed by atoms with E-state index in [1.807, 2.05) is 0 Å². The Morgan fingerprint density at radius 3 is 1.23 bits per heavy atom. The highest BCUT2D eigenvalue weighted by molar-refractivity contribution is 6.07. The second-order valence-electron chi connectivity index (χ2n) is 5.01. The largest absolute Gasteiger partial charge is 0.504 e. The summed E-state index contributed by atoms with van der Waals surface area (Å²) in [5.74, 6) is -8.22. The van der Waals surface area contributed by atoms with Crippen molar-refractivity contribution in [2.45, 2.75) is 0 Å². The van der Waals surface area contributed by atoms with Crippen LogP contribution in [-0.2, 0) is 9.47 Å². The Bertz CT molecular complexity index is 841. The number of methoxy groups -OCH3 is 2. The average molecular weight is 366 g/mol. The van der Waals surface area contributed by atoms with E-state index in [2.05, 4.69) is 9.47 Å². The third-order valence-electron chi connectivity index (χ3n) is 3.58. The molecule has 0 aliphatic rings. The topological polar surface area (TPSA) is 174 Å². The zero-order valence-electron chi connectivity index (χ0n) is 13.5. The summed E-state index contributed by atoms with van der Waals surface area (Å²) in [4.78, 5) is 24.0. The lowest BCUT2D eigenvalue weighted by atomic mass is 9.92. The van der Waals surface area contributed by atoms with Crippen LogP contribution in [0.25, 0.3) is 11.1 Å². The van der Waals surface area contributed by atoms with Gasteiger partial charge in [0, 0.05) is 11.1 Å². The molecule has 26 heavy (non-hydrogen) atoms. The summed E-state index contributed by atoms with van der Waals surface area (Å²) < 4.78 is 9.01. The van der Waals surface area contributed by atoms with E-state index in [1.54, 1.807) is 0 Å². The van der Waals surface area contributed by atoms with E-state index < -0.39 is 68.7 Å². The molecule has 10 heteroatoms. The molecule has 6 N–H and O–H groups in total. The van der Waals surface area contributed by atoms with Crippen LogP contribution in [0.15, 0.2) is 12.1 Å². The molecule has 0 heterocycles. The number of carbonyl (C=O) groups excluding carboxylic acids is 2. The SMILES string of the molecule is COC(=O)c1c(-c2cc(O)c(O)c(O)c2C(=O)OC)cc(O)c(O)c1O. The highest BCUT2D eigenvalue weighted by atomic mass is 16.5. The molecule has 138 valence electrons. The van der Waals surface area contributed by atoms with Crippen molar-refractivity contribution in [2.75, 3.05) is 14.2 Å². The van der Waals surface area contributed by atoms with Crippen LogP contribution in [0.5, 0.6) is 34.5 Å². The van der Waals surface area contributed by atoms with Crippen molar-refractivity contribution in [3.8, 4) is 45.6 Å². The Balaban J connectivity index is 3.01. The number of aromatic hydroxyl groups is 6. The van der Waals surface area contributed by atoms with Gasteiger partial charge < -0.3 is 40.1 Å². The quantitative estimate of drug-likeness (QED) is 0.341. The number of phenols is 6. The minimum atomic E-state index is -1.16. The third-order valence-corrected chi connectivity index (χ3v) is 3.58. The lowest BCUT2D eigenvalue weighted by Gasteiger charge is -2.16. The molecule has 0 spiro atoms. The Morgan fingerprint density at radius 1 is 0.654 bits per heavy atom. The first-order valence-electron chi connectivity index (χ1n) is 6.88. The zero-order chi connectivity index (χ0) is 19.8. The standard InChI is InChI=1S/C16H14O10/c1-25-15(23)9-5(3-7(17)11(19)13(9)21)6-4-8(18)12(20)14(22)10(6)16(24)26-2/h3-4,17-22H,1-2H3. The van der Waals surface area contributed by atoms with Crippen LogP contribution >= 0.6 is 0 Å². The minimum absolute atomic E-state index is 0.393. The summed E-state index contributed by atoms with van der Waals surface area (Å²) in [7, 11) is 1.95. The van der Waals surface area contributed by atoms with E-state index in [1.165, 1.54) is 0 Å². The fourth-order valence-corrected chi connectivity index (χ4v) is 2.33. The van der Waals surface area contributed by atoms with Gasteiger partial charge in [0.15, 0.2) is 23.0 Å². The van der Waals surface area contributed by atoms with Gasteiger partial charge >= 0.3 is 11.9 Å². The van der Waals surface area contributed by atoms with Crippen LogP contribution in [0.4, 0.5) is 0 Å². The van der Waals surface area contributed by atoms with Gasteiger partial charge in [0.25, 0.3) is 0 Å². The van der Waals surface area contributed by atoms with Crippen LogP contribution in [0.3, 0.4) is 0 Å². The predicted molar refractivity (Wildman–Crippen MR) is 84.5 cm³/mol. The van der Waals surface area contributed by atoms with Crippen LogP contribution in [0, 0.1) is 0 Å². The molecular weight excluding hydrogens is 352 g/mol. The molecule has 0 bridgehead atoms. The fourth-order valence-electron chi connectivity index (χ4n) is 2.33. The van der Waals surface area contributed by atoms with E-state index in [0.717, 1.165) is 26.4 Å². The Kier molecular flexibility index (Phi) is 4.69. The van der Waals surface area contributed by atoms with Gasteiger partial charge in [0.2, 0.25) is 11.5 Å². The maximum absolute atomic E-state index is 12.0. The van der Waals surface area contributed by atoms with Gasteiger partial charge in [0.05, 0.1) is 14.2 Å². The highest BCUT2D eigenvalue weighted by Gasteiger charge is 2.30. The van der Waals surface area contributed by atoms with Gasteiger partial charge in [-0.1, -0.05) is 0 Å². The number of hydrogen-bond donors (Lipinski definition) is 6. The Labute approximate surface area is 145 Å². The van der Waals surface area contributed by atoms with Crippen LogP contribution in [0.1, 0.15) is 20.7 Å². The molecule has 0 aliphatic carbocycles. The van der Waals surface area contributed by atoms with Crippen molar-refractivity contribution in [2.24, 2.45) is 0 Å². The van der Waals surface area contributed by atoms with Crippen molar-refractivity contribution in [3.05, 3.63) is 23.3 Å². The van der Waals surface area contributed by atoms with E-state index in [9.17, 15) is 40.2 Å². The molecule has 2 rings (SSSR count). The minimum Gasteiger partial charge on any atom is -0.504 e. The molecule has 2 aromatic carbocycles. The monoisotopic (exact) mass is 366 g/mol. The number of benzene rings is 2. The van der Waals surface area contributed by atoms with Gasteiger partial charge in [-0.05, 0) is 12.1 Å². The van der Waals surface area contributed by atoms with Gasteiger partial charge in [0.1, 0.15) is 11.1 Å². The summed E-state index contributed by atoms with van der Waals surface area (Å²) in [6, 6.07) is 1.58. The Hall–Kier alpha value is -3.82. The van der Waals surface area contributed by atoms with Crippen molar-refractivity contribution in [3.63, 3.8) is 0 Å². The second-order valence-corrected chi connectivity index (χ2v) is 5.01. The molecule has 2 aromatic rings. The number of esters is 2. The summed E-state index contributed by atoms with van der Waals surface area (Å²) in [5.41, 5.74) is -2.12. The van der Waals surface area contributed by atoms with E-state index >= 15 is 0 Å². The van der Waals surface area contributed by atoms with Crippen molar-refractivity contribution >= 4 is 11.9 Å². The van der Waals surface area contributed by atoms with Crippen molar-refractivity contribution in [1.29, 1.82) is 0 Å². The third kappa shape index (κ3) is 2.73. The van der Waals surface area contributed by atoms with Gasteiger partial charge in [-0.2, -0.15) is 0 Å². The Morgan fingerprint density at radius 2 is 0.962 bits per heavy atom. The second kappa shape index (κ2) is 6.59. The molecule has 0 fully saturated rings. The van der Waals surface area contributed by atoms with E-state index in [4.69, 9.17) is 0 Å². The lowest BCUT2D eigenvalue weighted by molar-refractivity contribution is 0.0585. The number of ether oxygens (including phenoxy) is 2. The normalized spacial score (nSPS) is 10.4. The fraction of sp³-hybridized carbons (Fsp3) is 0.125. The molecule has 0 aromatic heterocycles. The van der Waals surface area contributed by atoms with Gasteiger partial charge in [-0.15, -0.1) is 0 Å². The maximum atomic E-state index is 12.0. The summed E-state index contributed by atoms with van der Waals surface area (Å²) in [6.45, 7) is 0. The van der Waals surface area contributed by atoms with E-state index in [-0.39, 0.29) is 0 Å². The first-order chi connectivity index (χ1) is 12.1. The summed E-state index contributed by atoms with van der Waals surface area (Å²) in [5, 5.41) is 58.8. The number of rotatable bonds is 3. The molecule has 0 saturated carbocycles. The van der Waals surface area contributed by atoms with Crippen LogP contribution in [-0.4, -0.2) is 56.8 Å². The smallest absolute Gasteiger partial charge is 0.342 e. The van der Waals surface area contributed by atoms with Crippen LogP contribution in [0.2, 0.25) is 0 Å². The first kappa shape index (κ1) is 18.5. The number of carbonyl (C=O) groups is 2. The van der Waals surface area contributed by atoms with Crippen molar-refractivity contribution < 1.29 is 49.7 Å². The molecule has 10 nitrogen and oxygen atoms in total. The lowest BCUT2D eigenvalue weighted by Crippen LogP contribution is -2.08. The summed E-state index contributed by atoms with van der Waals surface area (Å²) in [6.07, 6.45) is 0. The summed E-state index contributed by atoms with van der Waals surface area (Å²) >= 11 is 0. The zero-order valence-corrected chi connectivity index (χ0v) is 13.5. The predicted octanol–water partition coefficient (Wildman–Crippen LogP) is 1.16. The van der Waals surface area contributed by atoms with Crippen molar-refractivity contribution in [1.82, 2.24) is 0 Å². The molecule has 0 saturated heterocycles. The number of hydrogen-bond acceptors (Lipinski definition) is 10.